The van der Waals surface area contributed by atoms with Gasteiger partial charge in [-0.15, -0.1) is 0 Å². The molecule has 2 aliphatic heterocycles. The second kappa shape index (κ2) is 4.96. The number of hydrogen-bond donors (Lipinski definition) is 0. The lowest BCUT2D eigenvalue weighted by Gasteiger charge is -2.32. The fourth-order valence-electron chi connectivity index (χ4n) is 2.38. The van der Waals surface area contributed by atoms with Crippen molar-refractivity contribution in [3.05, 3.63) is 24.3 Å². The Morgan fingerprint density at radius 3 is 2.38 bits per heavy atom. The van der Waals surface area contributed by atoms with Crippen molar-refractivity contribution in [1.29, 1.82) is 0 Å². The fraction of sp³-hybridized carbons (Fsp3) is 0.467. The Bertz CT molecular complexity index is 582. The molecular formula is C15H20BN3O2. The van der Waals surface area contributed by atoms with Crippen molar-refractivity contribution < 1.29 is 9.31 Å². The molecule has 5 nitrogen and oxygen atoms in total. The maximum Gasteiger partial charge on any atom is 0.496 e. The molecule has 0 aromatic heterocycles. The van der Waals surface area contributed by atoms with Gasteiger partial charge in [-0.2, -0.15) is 0 Å². The van der Waals surface area contributed by atoms with Gasteiger partial charge in [0.05, 0.1) is 17.5 Å². The molecular weight excluding hydrogens is 265 g/mol. The topological polar surface area (TPSA) is 46.4 Å². The number of hydrogen-bond acceptors (Lipinski definition) is 5. The van der Waals surface area contributed by atoms with Crippen molar-refractivity contribution in [1.82, 2.24) is 0 Å². The number of rotatable bonds is 2. The van der Waals surface area contributed by atoms with Crippen molar-refractivity contribution in [2.24, 2.45) is 9.98 Å². The van der Waals surface area contributed by atoms with Gasteiger partial charge in [-0.3, -0.25) is 4.99 Å². The molecule has 6 heteroatoms. The minimum absolute atomic E-state index is 0.348. The summed E-state index contributed by atoms with van der Waals surface area (Å²) in [6, 6.07) is 8.06. The van der Waals surface area contributed by atoms with Gasteiger partial charge in [-0.1, -0.05) is 18.2 Å². The largest absolute Gasteiger partial charge is 0.496 e. The summed E-state index contributed by atoms with van der Waals surface area (Å²) in [7, 11) is -0.384. The first-order valence-electron chi connectivity index (χ1n) is 7.13. The molecule has 2 aliphatic rings. The van der Waals surface area contributed by atoms with E-state index in [-0.39, 0.29) is 18.3 Å². The van der Waals surface area contributed by atoms with Crippen LogP contribution in [0.4, 0.5) is 5.69 Å². The van der Waals surface area contributed by atoms with Crippen LogP contribution in [0.15, 0.2) is 34.3 Å². The van der Waals surface area contributed by atoms with Crippen LogP contribution in [0.25, 0.3) is 0 Å². The van der Waals surface area contributed by atoms with Gasteiger partial charge in [0.2, 0.25) is 0 Å². The summed E-state index contributed by atoms with van der Waals surface area (Å²) in [5.74, 6) is 0. The smallest absolute Gasteiger partial charge is 0.399 e. The molecule has 1 saturated heterocycles. The van der Waals surface area contributed by atoms with Crippen molar-refractivity contribution in [2.45, 2.75) is 38.9 Å². The Balaban J connectivity index is 1.94. The molecule has 3 rings (SSSR count). The highest BCUT2D eigenvalue weighted by Crippen LogP contribution is 2.37. The maximum absolute atomic E-state index is 6.15. The van der Waals surface area contributed by atoms with Crippen LogP contribution in [-0.4, -0.2) is 37.7 Å². The van der Waals surface area contributed by atoms with Crippen LogP contribution in [0.1, 0.15) is 27.7 Å². The van der Waals surface area contributed by atoms with Gasteiger partial charge in [-0.25, -0.2) is 4.99 Å². The third-order valence-electron chi connectivity index (χ3n) is 4.34. The van der Waals surface area contributed by atoms with Gasteiger partial charge >= 0.3 is 7.12 Å². The Morgan fingerprint density at radius 1 is 1.10 bits per heavy atom. The maximum atomic E-state index is 6.15. The van der Waals surface area contributed by atoms with Crippen molar-refractivity contribution in [2.75, 3.05) is 11.6 Å². The monoisotopic (exact) mass is 285 g/mol. The van der Waals surface area contributed by atoms with E-state index in [4.69, 9.17) is 9.31 Å². The van der Waals surface area contributed by atoms with Crippen LogP contribution >= 0.6 is 0 Å². The standard InChI is InChI=1S/C15H20BN3O2/c1-14(2)15(3,4)21-16(20-14)12-7-5-6-8-13(12)19-10-17-9-18-11-19/h5-10H,11H2,1-4H3. The van der Waals surface area contributed by atoms with E-state index < -0.39 is 0 Å². The predicted octanol–water partition coefficient (Wildman–Crippen LogP) is 1.82. The van der Waals surface area contributed by atoms with Crippen molar-refractivity contribution >= 4 is 30.9 Å². The molecule has 0 aliphatic carbocycles. The van der Waals surface area contributed by atoms with Gasteiger partial charge in [0.15, 0.2) is 0 Å². The van der Waals surface area contributed by atoms with Gasteiger partial charge < -0.3 is 14.2 Å². The third-order valence-corrected chi connectivity index (χ3v) is 4.34. The zero-order valence-electron chi connectivity index (χ0n) is 12.9. The summed E-state index contributed by atoms with van der Waals surface area (Å²) in [6.45, 7) is 8.79. The predicted molar refractivity (Wildman–Crippen MR) is 86.5 cm³/mol. The zero-order chi connectivity index (χ0) is 15.1. The average Bonchev–Trinajstić information content (AvgIpc) is 2.68. The summed E-state index contributed by atoms with van der Waals surface area (Å²) >= 11 is 0. The molecule has 110 valence electrons. The van der Waals surface area contributed by atoms with E-state index in [1.807, 2.05) is 29.2 Å². The van der Waals surface area contributed by atoms with Crippen LogP contribution < -0.4 is 10.4 Å². The first-order chi connectivity index (χ1) is 9.91. The molecule has 0 saturated carbocycles. The summed E-state index contributed by atoms with van der Waals surface area (Å²) in [5, 5.41) is 0. The third kappa shape index (κ3) is 2.49. The van der Waals surface area contributed by atoms with E-state index in [1.165, 1.54) is 0 Å². The Kier molecular flexibility index (Phi) is 3.38. The number of benzene rings is 1. The number of anilines is 1. The quantitative estimate of drug-likeness (QED) is 0.779. The van der Waals surface area contributed by atoms with E-state index in [2.05, 4.69) is 37.7 Å². The first kappa shape index (κ1) is 14.3. The highest BCUT2D eigenvalue weighted by molar-refractivity contribution is 6.64. The van der Waals surface area contributed by atoms with Gasteiger partial charge in [0.25, 0.3) is 0 Å². The first-order valence-corrected chi connectivity index (χ1v) is 7.13. The van der Waals surface area contributed by atoms with E-state index >= 15 is 0 Å². The fourth-order valence-corrected chi connectivity index (χ4v) is 2.38. The molecule has 1 aromatic rings. The number of nitrogens with zero attached hydrogens (tertiary/aromatic N) is 3. The summed E-state index contributed by atoms with van der Waals surface area (Å²) in [5.41, 5.74) is 1.31. The Morgan fingerprint density at radius 2 is 1.76 bits per heavy atom. The molecule has 0 atom stereocenters. The number of aliphatic imine (C=N–C) groups is 2. The van der Waals surface area contributed by atoms with Gasteiger partial charge in [0, 0.05) is 11.2 Å². The summed E-state index contributed by atoms with van der Waals surface area (Å²) in [6.07, 6.45) is 3.34. The molecule has 1 fully saturated rings. The van der Waals surface area contributed by atoms with E-state index in [9.17, 15) is 0 Å². The van der Waals surface area contributed by atoms with Crippen molar-refractivity contribution in [3.63, 3.8) is 0 Å². The molecule has 0 spiro atoms. The zero-order valence-corrected chi connectivity index (χ0v) is 12.9. The van der Waals surface area contributed by atoms with E-state index in [0.717, 1.165) is 11.2 Å². The second-order valence-corrected chi connectivity index (χ2v) is 6.32. The van der Waals surface area contributed by atoms with Crippen LogP contribution in [0.3, 0.4) is 0 Å². The Hall–Kier alpha value is -1.66. The minimum atomic E-state index is -0.384. The summed E-state index contributed by atoms with van der Waals surface area (Å²) in [4.78, 5) is 10.3. The number of para-hydroxylation sites is 1. The highest BCUT2D eigenvalue weighted by Gasteiger charge is 2.52. The lowest BCUT2D eigenvalue weighted by Crippen LogP contribution is -2.41. The highest BCUT2D eigenvalue weighted by atomic mass is 16.7. The SMILES string of the molecule is CC1(C)OB(c2ccccc2N2C=NC=NC2)OC1(C)C. The average molecular weight is 285 g/mol. The van der Waals surface area contributed by atoms with Crippen LogP contribution in [-0.2, 0) is 9.31 Å². The molecule has 0 N–H and O–H groups in total. The summed E-state index contributed by atoms with van der Waals surface area (Å²) < 4.78 is 12.3. The minimum Gasteiger partial charge on any atom is -0.399 e. The molecule has 0 radical (unpaired) electrons. The molecule has 2 heterocycles. The molecule has 21 heavy (non-hydrogen) atoms. The molecule has 0 bridgehead atoms. The lowest BCUT2D eigenvalue weighted by molar-refractivity contribution is 0.00578. The van der Waals surface area contributed by atoms with Crippen LogP contribution in [0.2, 0.25) is 0 Å². The van der Waals surface area contributed by atoms with Crippen LogP contribution in [0, 0.1) is 0 Å². The molecule has 0 amide bonds. The van der Waals surface area contributed by atoms with Crippen molar-refractivity contribution in [3.8, 4) is 0 Å². The molecule has 1 aromatic carbocycles. The molecule has 0 unspecified atom stereocenters. The van der Waals surface area contributed by atoms with Gasteiger partial charge in [-0.05, 0) is 33.8 Å². The normalized spacial score (nSPS) is 22.9. The van der Waals surface area contributed by atoms with Gasteiger partial charge in [0.1, 0.15) is 13.0 Å². The van der Waals surface area contributed by atoms with Crippen LogP contribution in [0.5, 0.6) is 0 Å². The Labute approximate surface area is 125 Å². The van der Waals surface area contributed by atoms with E-state index in [1.54, 1.807) is 12.7 Å². The lowest BCUT2D eigenvalue weighted by atomic mass is 9.77. The van der Waals surface area contributed by atoms with E-state index in [0.29, 0.717) is 6.67 Å². The second-order valence-electron chi connectivity index (χ2n) is 6.32.